The Morgan fingerprint density at radius 3 is 2.04 bits per heavy atom. The first-order valence-corrected chi connectivity index (χ1v) is 7.88. The molecule has 0 saturated heterocycles. The minimum absolute atomic E-state index is 0.0315. The number of furan rings is 1. The van der Waals surface area contributed by atoms with Gasteiger partial charge in [0, 0.05) is 19.2 Å². The molecule has 0 saturated carbocycles. The highest BCUT2D eigenvalue weighted by Gasteiger charge is 2.24. The highest BCUT2D eigenvalue weighted by atomic mass is 16.5. The van der Waals surface area contributed by atoms with Crippen molar-refractivity contribution in [1.29, 1.82) is 0 Å². The Labute approximate surface area is 144 Å². The van der Waals surface area contributed by atoms with Gasteiger partial charge in [-0.2, -0.15) is 0 Å². The molecule has 0 bridgehead atoms. The number of nitrogens with zero attached hydrogens (tertiary/aromatic N) is 1. The number of rotatable bonds is 4. The number of benzene rings is 1. The molecule has 25 heavy (non-hydrogen) atoms. The van der Waals surface area contributed by atoms with Gasteiger partial charge < -0.3 is 23.9 Å². The van der Waals surface area contributed by atoms with Crippen LogP contribution in [0, 0.1) is 0 Å². The lowest BCUT2D eigenvalue weighted by molar-refractivity contribution is 0.0694. The van der Waals surface area contributed by atoms with E-state index in [-0.39, 0.29) is 17.2 Å². The van der Waals surface area contributed by atoms with Crippen LogP contribution in [0.5, 0.6) is 11.5 Å². The summed E-state index contributed by atoms with van der Waals surface area (Å²) in [6.45, 7) is 1.04. The first kappa shape index (κ1) is 16.9. The van der Waals surface area contributed by atoms with Crippen molar-refractivity contribution in [1.82, 2.24) is 4.90 Å². The number of carbonyl (C=O) groups excluding carboxylic acids is 1. The number of aromatic carboxylic acids is 1. The van der Waals surface area contributed by atoms with Crippen molar-refractivity contribution < 1.29 is 28.6 Å². The summed E-state index contributed by atoms with van der Waals surface area (Å²) in [6.07, 6.45) is 2.43. The van der Waals surface area contributed by atoms with Gasteiger partial charge in [-0.3, -0.25) is 4.79 Å². The number of carboxylic acids is 1. The van der Waals surface area contributed by atoms with Crippen molar-refractivity contribution in [2.24, 2.45) is 0 Å². The van der Waals surface area contributed by atoms with Gasteiger partial charge in [-0.05, 0) is 36.1 Å². The van der Waals surface area contributed by atoms with Crippen LogP contribution in [0.3, 0.4) is 0 Å². The highest BCUT2D eigenvalue weighted by molar-refractivity contribution is 5.95. The maximum Gasteiger partial charge on any atom is 0.338 e. The third-order valence-electron chi connectivity index (χ3n) is 4.35. The Kier molecular flexibility index (Phi) is 4.65. The van der Waals surface area contributed by atoms with E-state index in [4.69, 9.17) is 19.0 Å². The highest BCUT2D eigenvalue weighted by Crippen LogP contribution is 2.32. The van der Waals surface area contributed by atoms with E-state index in [1.807, 2.05) is 12.1 Å². The third kappa shape index (κ3) is 3.31. The zero-order chi connectivity index (χ0) is 18.0. The molecular weight excluding hydrogens is 326 g/mol. The molecule has 132 valence electrons. The van der Waals surface area contributed by atoms with Gasteiger partial charge in [0.2, 0.25) is 0 Å². The first-order valence-electron chi connectivity index (χ1n) is 7.88. The van der Waals surface area contributed by atoms with Crippen molar-refractivity contribution >= 4 is 11.9 Å². The quantitative estimate of drug-likeness (QED) is 0.914. The largest absolute Gasteiger partial charge is 0.493 e. The summed E-state index contributed by atoms with van der Waals surface area (Å²) in [5.74, 6) is -0.0562. The molecule has 0 radical (unpaired) electrons. The number of carboxylic acid groups (broad SMARTS) is 1. The van der Waals surface area contributed by atoms with E-state index in [9.17, 15) is 9.59 Å². The van der Waals surface area contributed by atoms with Crippen LogP contribution >= 0.6 is 0 Å². The topological polar surface area (TPSA) is 89.2 Å². The van der Waals surface area contributed by atoms with Crippen molar-refractivity contribution in [2.75, 3.05) is 27.3 Å². The second kappa shape index (κ2) is 6.88. The van der Waals surface area contributed by atoms with Crippen molar-refractivity contribution in [2.45, 2.75) is 12.8 Å². The molecule has 0 atom stereocenters. The van der Waals surface area contributed by atoms with Gasteiger partial charge in [0.15, 0.2) is 17.3 Å². The Hall–Kier alpha value is -2.96. The van der Waals surface area contributed by atoms with E-state index in [0.717, 1.165) is 17.4 Å². The molecule has 2 heterocycles. The maximum atomic E-state index is 12.6. The fourth-order valence-corrected chi connectivity index (χ4v) is 2.97. The molecule has 1 aliphatic heterocycles. The van der Waals surface area contributed by atoms with Crippen molar-refractivity contribution in [3.05, 3.63) is 46.9 Å². The van der Waals surface area contributed by atoms with E-state index in [2.05, 4.69) is 0 Å². The molecule has 1 N–H and O–H groups in total. The Bertz CT molecular complexity index is 775. The first-order chi connectivity index (χ1) is 12.0. The summed E-state index contributed by atoms with van der Waals surface area (Å²) >= 11 is 0. The molecule has 1 amide bonds. The van der Waals surface area contributed by atoms with Crippen LogP contribution in [-0.2, 0) is 12.8 Å². The number of hydrogen-bond acceptors (Lipinski definition) is 5. The lowest BCUT2D eigenvalue weighted by atomic mass is 10.0. The van der Waals surface area contributed by atoms with E-state index >= 15 is 0 Å². The maximum absolute atomic E-state index is 12.6. The van der Waals surface area contributed by atoms with Crippen molar-refractivity contribution in [3.63, 3.8) is 0 Å². The molecule has 0 aliphatic carbocycles. The normalized spacial score (nSPS) is 13.8. The van der Waals surface area contributed by atoms with Crippen LogP contribution in [-0.4, -0.2) is 49.2 Å². The van der Waals surface area contributed by atoms with Gasteiger partial charge >= 0.3 is 5.97 Å². The summed E-state index contributed by atoms with van der Waals surface area (Å²) in [7, 11) is 3.18. The molecule has 0 unspecified atom stereocenters. The number of fused-ring (bicyclic) bond motifs is 1. The van der Waals surface area contributed by atoms with Crippen LogP contribution < -0.4 is 9.47 Å². The van der Waals surface area contributed by atoms with Crippen molar-refractivity contribution in [3.8, 4) is 11.5 Å². The van der Waals surface area contributed by atoms with Gasteiger partial charge in [-0.15, -0.1) is 0 Å². The van der Waals surface area contributed by atoms with Crippen LogP contribution in [0.2, 0.25) is 0 Å². The lowest BCUT2D eigenvalue weighted by Gasteiger charge is -2.18. The number of carbonyl (C=O) groups is 2. The predicted octanol–water partition coefficient (Wildman–Crippen LogP) is 2.24. The molecule has 1 aliphatic rings. The average Bonchev–Trinajstić information content (AvgIpc) is 3.02. The molecule has 1 aromatic heterocycles. The third-order valence-corrected chi connectivity index (χ3v) is 4.35. The lowest BCUT2D eigenvalue weighted by Crippen LogP contribution is -2.33. The molecule has 2 aromatic rings. The van der Waals surface area contributed by atoms with Gasteiger partial charge in [-0.1, -0.05) is 0 Å². The van der Waals surface area contributed by atoms with Crippen LogP contribution in [0.25, 0.3) is 0 Å². The number of hydrogen-bond donors (Lipinski definition) is 1. The summed E-state index contributed by atoms with van der Waals surface area (Å²) < 4.78 is 15.8. The smallest absolute Gasteiger partial charge is 0.338 e. The molecule has 3 rings (SSSR count). The standard InChI is InChI=1S/C18H19NO6/c1-23-14-7-11-3-5-19(6-4-12(11)8-15(14)24-2)17(20)16-9-13(10-25-16)18(21)22/h7-10H,3-6H2,1-2H3,(H,21,22). The van der Waals surface area contributed by atoms with Gasteiger partial charge in [0.25, 0.3) is 5.91 Å². The van der Waals surface area contributed by atoms with E-state index in [1.165, 1.54) is 6.07 Å². The van der Waals surface area contributed by atoms with Gasteiger partial charge in [-0.25, -0.2) is 4.79 Å². The average molecular weight is 345 g/mol. The Balaban J connectivity index is 1.79. The monoisotopic (exact) mass is 345 g/mol. The zero-order valence-electron chi connectivity index (χ0n) is 14.1. The molecule has 7 nitrogen and oxygen atoms in total. The summed E-state index contributed by atoms with van der Waals surface area (Å²) in [6, 6.07) is 5.14. The SMILES string of the molecule is COc1cc2c(cc1OC)CCN(C(=O)c1cc(C(=O)O)co1)CC2. The number of amides is 1. The second-order valence-electron chi connectivity index (χ2n) is 5.77. The molecule has 0 fully saturated rings. The predicted molar refractivity (Wildman–Crippen MR) is 88.5 cm³/mol. The molecule has 0 spiro atoms. The number of ether oxygens (including phenoxy) is 2. The Morgan fingerprint density at radius 1 is 1.04 bits per heavy atom. The van der Waals surface area contributed by atoms with Crippen LogP contribution in [0.15, 0.2) is 28.9 Å². The zero-order valence-corrected chi connectivity index (χ0v) is 14.1. The summed E-state index contributed by atoms with van der Waals surface area (Å²) in [5.41, 5.74) is 2.19. The van der Waals surface area contributed by atoms with Gasteiger partial charge in [0.05, 0.1) is 19.8 Å². The Morgan fingerprint density at radius 2 is 1.60 bits per heavy atom. The van der Waals surface area contributed by atoms with E-state index < -0.39 is 5.97 Å². The fraction of sp³-hybridized carbons (Fsp3) is 0.333. The fourth-order valence-electron chi connectivity index (χ4n) is 2.97. The second-order valence-corrected chi connectivity index (χ2v) is 5.77. The molecule has 1 aromatic carbocycles. The molecule has 7 heteroatoms. The van der Waals surface area contributed by atoms with E-state index in [1.54, 1.807) is 19.1 Å². The van der Waals surface area contributed by atoms with Crippen LogP contribution in [0.1, 0.15) is 32.0 Å². The minimum atomic E-state index is -1.12. The van der Waals surface area contributed by atoms with Crippen LogP contribution in [0.4, 0.5) is 0 Å². The molecular formula is C18H19NO6. The number of methoxy groups -OCH3 is 2. The van der Waals surface area contributed by atoms with Gasteiger partial charge in [0.1, 0.15) is 6.26 Å². The summed E-state index contributed by atoms with van der Waals surface area (Å²) in [5, 5.41) is 8.94. The summed E-state index contributed by atoms with van der Waals surface area (Å²) in [4.78, 5) is 25.2. The minimum Gasteiger partial charge on any atom is -0.493 e. The van der Waals surface area contributed by atoms with E-state index in [0.29, 0.717) is 37.4 Å².